The van der Waals surface area contributed by atoms with Crippen LogP contribution in [0.25, 0.3) is 0 Å². The number of carbonyl (C=O) groups excluding carboxylic acids is 2. The highest BCUT2D eigenvalue weighted by atomic mass is 32.2. The van der Waals surface area contributed by atoms with E-state index < -0.39 is 22.0 Å². The van der Waals surface area contributed by atoms with Crippen LogP contribution in [0.15, 0.2) is 17.2 Å². The molecule has 3 N–H and O–H groups in total. The number of sulfonamides is 1. The summed E-state index contributed by atoms with van der Waals surface area (Å²) in [6.45, 7) is 3.60. The average Bonchev–Trinajstić information content (AvgIpc) is 3.39. The second-order valence-corrected chi connectivity index (χ2v) is 10.0. The van der Waals surface area contributed by atoms with Crippen LogP contribution in [0.5, 0.6) is 0 Å². The Balaban J connectivity index is 1.54. The summed E-state index contributed by atoms with van der Waals surface area (Å²) in [7, 11) is -2.77. The number of nitrogens with one attached hydrogen (secondary N) is 3. The first-order chi connectivity index (χ1) is 14.7. The van der Waals surface area contributed by atoms with E-state index in [0.29, 0.717) is 0 Å². The number of carbonyl (C=O) groups is 2. The molecule has 0 saturated heterocycles. The normalized spacial score (nSPS) is 15.0. The fourth-order valence-electron chi connectivity index (χ4n) is 4.40. The van der Waals surface area contributed by atoms with Gasteiger partial charge in [0.2, 0.25) is 0 Å². The summed E-state index contributed by atoms with van der Waals surface area (Å²) in [5, 5.41) is 9.01. The fourth-order valence-corrected chi connectivity index (χ4v) is 5.30. The third-order valence-electron chi connectivity index (χ3n) is 5.72. The van der Waals surface area contributed by atoms with Crippen molar-refractivity contribution >= 4 is 27.6 Å². The maximum atomic E-state index is 12.7. The predicted molar refractivity (Wildman–Crippen MR) is 116 cm³/mol. The molecule has 0 aliphatic heterocycles. The van der Waals surface area contributed by atoms with Gasteiger partial charge in [0.15, 0.2) is 5.03 Å². The number of amides is 3. The topological polar surface area (TPSA) is 122 Å². The van der Waals surface area contributed by atoms with Gasteiger partial charge < -0.3 is 10.6 Å². The van der Waals surface area contributed by atoms with Crippen molar-refractivity contribution in [3.05, 3.63) is 40.1 Å². The Morgan fingerprint density at radius 2 is 1.65 bits per heavy atom. The van der Waals surface area contributed by atoms with E-state index in [9.17, 15) is 18.0 Å². The van der Waals surface area contributed by atoms with Gasteiger partial charge in [-0.15, -0.1) is 0 Å². The fraction of sp³-hybridized carbons (Fsp3) is 0.476. The first kappa shape index (κ1) is 21.4. The van der Waals surface area contributed by atoms with Gasteiger partial charge in [0.05, 0.1) is 0 Å². The van der Waals surface area contributed by atoms with E-state index in [4.69, 9.17) is 0 Å². The van der Waals surface area contributed by atoms with Crippen LogP contribution in [0.2, 0.25) is 0 Å². The van der Waals surface area contributed by atoms with Crippen LogP contribution in [0, 0.1) is 0 Å². The third-order valence-corrected chi connectivity index (χ3v) is 6.93. The Bertz CT molecular complexity index is 1130. The van der Waals surface area contributed by atoms with Gasteiger partial charge in [-0.05, 0) is 74.6 Å². The van der Waals surface area contributed by atoms with Crippen LogP contribution in [-0.2, 0) is 42.8 Å². The molecule has 0 radical (unpaired) electrons. The smallest absolute Gasteiger partial charge is 0.333 e. The number of aromatic nitrogens is 2. The quantitative estimate of drug-likeness (QED) is 0.650. The lowest BCUT2D eigenvalue weighted by Crippen LogP contribution is -2.35. The third kappa shape index (κ3) is 4.16. The van der Waals surface area contributed by atoms with Crippen molar-refractivity contribution in [1.29, 1.82) is 0 Å². The highest BCUT2D eigenvalue weighted by molar-refractivity contribution is 7.90. The van der Waals surface area contributed by atoms with Gasteiger partial charge in [0, 0.05) is 24.8 Å². The number of benzene rings is 1. The summed E-state index contributed by atoms with van der Waals surface area (Å²) in [6, 6.07) is 2.46. The molecule has 0 bridgehead atoms. The molecule has 0 fully saturated rings. The lowest BCUT2D eigenvalue weighted by molar-refractivity contribution is 0.0933. The molecule has 1 aromatic carbocycles. The molecule has 1 heterocycles. The molecule has 4 rings (SSSR count). The monoisotopic (exact) mass is 445 g/mol. The van der Waals surface area contributed by atoms with E-state index in [1.807, 2.05) is 4.72 Å². The molecule has 0 atom stereocenters. The SMILES string of the molecule is CC(C)NC(=O)c1cc(S(=O)(=O)NC(=O)Nc2c3c(cc4c2CCC4)CCC3)nn1C. The minimum absolute atomic E-state index is 0.0909. The minimum atomic E-state index is -4.25. The summed E-state index contributed by atoms with van der Waals surface area (Å²) >= 11 is 0. The summed E-state index contributed by atoms with van der Waals surface area (Å²) in [6.07, 6.45) is 5.77. The Morgan fingerprint density at radius 3 is 2.23 bits per heavy atom. The molecule has 0 unspecified atom stereocenters. The van der Waals surface area contributed by atoms with Crippen molar-refractivity contribution in [3.63, 3.8) is 0 Å². The molecular weight excluding hydrogens is 418 g/mol. The van der Waals surface area contributed by atoms with E-state index in [1.165, 1.54) is 22.9 Å². The van der Waals surface area contributed by atoms with Gasteiger partial charge >= 0.3 is 6.03 Å². The molecule has 2 aliphatic rings. The summed E-state index contributed by atoms with van der Waals surface area (Å²) in [5.74, 6) is -0.439. The van der Waals surface area contributed by atoms with Gasteiger partial charge in [0.1, 0.15) is 5.69 Å². The van der Waals surface area contributed by atoms with Crippen molar-refractivity contribution in [2.45, 2.75) is 63.4 Å². The van der Waals surface area contributed by atoms with Crippen molar-refractivity contribution in [2.75, 3.05) is 5.32 Å². The number of rotatable bonds is 5. The van der Waals surface area contributed by atoms with Gasteiger partial charge in [0.25, 0.3) is 15.9 Å². The van der Waals surface area contributed by atoms with Crippen LogP contribution in [0.1, 0.15) is 59.4 Å². The highest BCUT2D eigenvalue weighted by Gasteiger charge is 2.28. The molecule has 9 nitrogen and oxygen atoms in total. The summed E-state index contributed by atoms with van der Waals surface area (Å²) in [5.41, 5.74) is 5.55. The number of hydrogen-bond acceptors (Lipinski definition) is 5. The predicted octanol–water partition coefficient (Wildman–Crippen LogP) is 2.05. The van der Waals surface area contributed by atoms with Crippen molar-refractivity contribution < 1.29 is 18.0 Å². The zero-order valence-electron chi connectivity index (χ0n) is 17.9. The van der Waals surface area contributed by atoms with Crippen LogP contribution in [-0.4, -0.2) is 36.2 Å². The second kappa shape index (κ2) is 7.99. The van der Waals surface area contributed by atoms with Gasteiger partial charge in [-0.25, -0.2) is 9.52 Å². The van der Waals surface area contributed by atoms with Gasteiger partial charge in [-0.1, -0.05) is 6.07 Å². The molecule has 0 saturated carbocycles. The van der Waals surface area contributed by atoms with E-state index in [0.717, 1.165) is 61.4 Å². The molecule has 2 aliphatic carbocycles. The standard InChI is InChI=1S/C21H27N5O4S/c1-12(2)22-20(27)17-11-18(24-26(17)3)31(29,30)25-21(28)23-19-15-8-4-6-13(15)10-14-7-5-9-16(14)19/h10-12H,4-9H2,1-3H3,(H,22,27)(H2,23,25,28). The van der Waals surface area contributed by atoms with Crippen LogP contribution < -0.4 is 15.4 Å². The minimum Gasteiger partial charge on any atom is -0.349 e. The Hall–Kier alpha value is -2.88. The first-order valence-electron chi connectivity index (χ1n) is 10.5. The zero-order chi connectivity index (χ0) is 22.3. The van der Waals surface area contributed by atoms with E-state index in [-0.39, 0.29) is 16.8 Å². The first-order valence-corrected chi connectivity index (χ1v) is 12.0. The van der Waals surface area contributed by atoms with E-state index in [1.54, 1.807) is 13.8 Å². The van der Waals surface area contributed by atoms with Crippen molar-refractivity contribution in [3.8, 4) is 0 Å². The summed E-state index contributed by atoms with van der Waals surface area (Å²) in [4.78, 5) is 24.9. The number of hydrogen-bond donors (Lipinski definition) is 3. The molecule has 0 spiro atoms. The lowest BCUT2D eigenvalue weighted by atomic mass is 9.99. The van der Waals surface area contributed by atoms with Crippen molar-refractivity contribution in [1.82, 2.24) is 19.8 Å². The maximum Gasteiger partial charge on any atom is 0.333 e. The Labute approximate surface area is 181 Å². The second-order valence-electron chi connectivity index (χ2n) is 8.41. The number of aryl methyl sites for hydroxylation is 3. The molecule has 31 heavy (non-hydrogen) atoms. The van der Waals surface area contributed by atoms with E-state index >= 15 is 0 Å². The molecule has 166 valence electrons. The average molecular weight is 446 g/mol. The Kier molecular flexibility index (Phi) is 5.50. The van der Waals surface area contributed by atoms with Crippen LogP contribution in [0.4, 0.5) is 10.5 Å². The molecule has 2 aromatic rings. The lowest BCUT2D eigenvalue weighted by Gasteiger charge is -2.16. The van der Waals surface area contributed by atoms with Gasteiger partial charge in [-0.3, -0.25) is 9.48 Å². The number of nitrogens with zero attached hydrogens (tertiary/aromatic N) is 2. The van der Waals surface area contributed by atoms with Crippen LogP contribution in [0.3, 0.4) is 0 Å². The van der Waals surface area contributed by atoms with E-state index in [2.05, 4.69) is 21.8 Å². The number of urea groups is 1. The Morgan fingerprint density at radius 1 is 1.03 bits per heavy atom. The largest absolute Gasteiger partial charge is 0.349 e. The maximum absolute atomic E-state index is 12.7. The molecule has 1 aromatic heterocycles. The van der Waals surface area contributed by atoms with Crippen molar-refractivity contribution in [2.24, 2.45) is 7.05 Å². The molecule has 10 heteroatoms. The zero-order valence-corrected chi connectivity index (χ0v) is 18.7. The number of fused-ring (bicyclic) bond motifs is 2. The summed E-state index contributed by atoms with van der Waals surface area (Å²) < 4.78 is 28.7. The molecule has 3 amide bonds. The molecular formula is C21H27N5O4S. The number of anilines is 1. The van der Waals surface area contributed by atoms with Crippen LogP contribution >= 0.6 is 0 Å². The highest BCUT2D eigenvalue weighted by Crippen LogP contribution is 2.38. The van der Waals surface area contributed by atoms with Gasteiger partial charge in [-0.2, -0.15) is 13.5 Å².